The van der Waals surface area contributed by atoms with E-state index in [0.717, 1.165) is 53.9 Å². The molecule has 254 valence electrons. The molecule has 0 saturated heterocycles. The smallest absolute Gasteiger partial charge is 0.341 e. The number of thioether (sulfide) groups is 1. The molecule has 0 aliphatic heterocycles. The van der Waals surface area contributed by atoms with Crippen LogP contribution in [-0.4, -0.2) is 36.1 Å². The van der Waals surface area contributed by atoms with Gasteiger partial charge in [-0.25, -0.2) is 4.79 Å². The highest BCUT2D eigenvalue weighted by Gasteiger charge is 2.27. The quantitative estimate of drug-likeness (QED) is 0.0851. The number of amides is 3. The van der Waals surface area contributed by atoms with Crippen LogP contribution in [0.1, 0.15) is 69.3 Å². The Hall–Kier alpha value is -4.09. The van der Waals surface area contributed by atoms with Crippen LogP contribution < -0.4 is 16.0 Å². The Morgan fingerprint density at radius 1 is 0.898 bits per heavy atom. The first-order valence-corrected chi connectivity index (χ1v) is 18.2. The zero-order valence-corrected chi connectivity index (χ0v) is 30.1. The molecule has 1 heterocycles. The molecular formula is C37H35Cl2N3O5S2. The second-order valence-corrected chi connectivity index (χ2v) is 14.8. The van der Waals surface area contributed by atoms with Gasteiger partial charge in [-0.15, -0.1) is 23.1 Å². The average molecular weight is 737 g/mol. The molecule has 1 atom stereocenters. The number of fused-ring (bicyclic) bond motifs is 1. The van der Waals surface area contributed by atoms with Gasteiger partial charge in [-0.3, -0.25) is 14.4 Å². The fraction of sp³-hybridized carbons (Fsp3) is 0.243. The second kappa shape index (κ2) is 17.0. The second-order valence-electron chi connectivity index (χ2n) is 11.4. The van der Waals surface area contributed by atoms with E-state index in [9.17, 15) is 19.2 Å². The number of aryl methyl sites for hydroxylation is 1. The first-order valence-electron chi connectivity index (χ1n) is 15.8. The van der Waals surface area contributed by atoms with Crippen molar-refractivity contribution in [3.8, 4) is 0 Å². The van der Waals surface area contributed by atoms with Gasteiger partial charge < -0.3 is 20.7 Å². The van der Waals surface area contributed by atoms with Gasteiger partial charge in [-0.2, -0.15) is 0 Å². The summed E-state index contributed by atoms with van der Waals surface area (Å²) in [4.78, 5) is 54.7. The SMILES string of the molecule is COC(=O)c1c(NC(=O)C(C)Sc2cccc(NC(=O)/C(=C\c3ccc(Cl)cc3Cl)NC(=O)c3ccccc3)c2)sc2c1CCCCCC2. The first kappa shape index (κ1) is 36.2. The summed E-state index contributed by atoms with van der Waals surface area (Å²) in [5.74, 6) is -1.74. The lowest BCUT2D eigenvalue weighted by molar-refractivity contribution is -0.115. The lowest BCUT2D eigenvalue weighted by atomic mass is 9.96. The highest BCUT2D eigenvalue weighted by atomic mass is 35.5. The van der Waals surface area contributed by atoms with Crippen molar-refractivity contribution < 1.29 is 23.9 Å². The monoisotopic (exact) mass is 735 g/mol. The Kier molecular flexibility index (Phi) is 12.6. The number of hydrogen-bond donors (Lipinski definition) is 3. The van der Waals surface area contributed by atoms with Crippen molar-refractivity contribution in [1.82, 2.24) is 5.32 Å². The van der Waals surface area contributed by atoms with Gasteiger partial charge in [-0.1, -0.05) is 66.4 Å². The molecule has 0 bridgehead atoms. The van der Waals surface area contributed by atoms with E-state index in [1.807, 2.05) is 6.07 Å². The fourth-order valence-electron chi connectivity index (χ4n) is 5.36. The molecule has 0 spiro atoms. The summed E-state index contributed by atoms with van der Waals surface area (Å²) in [5.41, 5.74) is 2.74. The summed E-state index contributed by atoms with van der Waals surface area (Å²) < 4.78 is 5.10. The van der Waals surface area contributed by atoms with Crippen LogP contribution in [0.2, 0.25) is 10.0 Å². The highest BCUT2D eigenvalue weighted by molar-refractivity contribution is 8.00. The molecule has 8 nitrogen and oxygen atoms in total. The number of benzene rings is 3. The Morgan fingerprint density at radius 3 is 2.39 bits per heavy atom. The van der Waals surface area contributed by atoms with Crippen LogP contribution in [-0.2, 0) is 27.2 Å². The lowest BCUT2D eigenvalue weighted by Crippen LogP contribution is -2.30. The number of thiophene rings is 1. The molecule has 5 rings (SSSR count). The topological polar surface area (TPSA) is 114 Å². The maximum Gasteiger partial charge on any atom is 0.341 e. The molecular weight excluding hydrogens is 701 g/mol. The molecule has 12 heteroatoms. The predicted molar refractivity (Wildman–Crippen MR) is 199 cm³/mol. The van der Waals surface area contributed by atoms with Crippen LogP contribution in [0.4, 0.5) is 10.7 Å². The van der Waals surface area contributed by atoms with E-state index in [0.29, 0.717) is 37.4 Å². The minimum atomic E-state index is -0.577. The average Bonchev–Trinajstić information content (AvgIpc) is 3.40. The molecule has 1 aliphatic rings. The zero-order valence-electron chi connectivity index (χ0n) is 26.9. The minimum absolute atomic E-state index is 0.0321. The molecule has 1 unspecified atom stereocenters. The summed E-state index contributed by atoms with van der Waals surface area (Å²) in [6.07, 6.45) is 7.45. The number of nitrogens with one attached hydrogen (secondary N) is 3. The van der Waals surface area contributed by atoms with E-state index >= 15 is 0 Å². The van der Waals surface area contributed by atoms with E-state index < -0.39 is 23.0 Å². The number of hydrogen-bond acceptors (Lipinski definition) is 7. The van der Waals surface area contributed by atoms with E-state index in [-0.39, 0.29) is 11.6 Å². The maximum atomic E-state index is 13.6. The molecule has 0 saturated carbocycles. The van der Waals surface area contributed by atoms with Crippen molar-refractivity contribution in [2.24, 2.45) is 0 Å². The number of ether oxygens (including phenoxy) is 1. The molecule has 1 aromatic heterocycles. The van der Waals surface area contributed by atoms with E-state index in [4.69, 9.17) is 27.9 Å². The normalized spacial score (nSPS) is 13.7. The predicted octanol–water partition coefficient (Wildman–Crippen LogP) is 9.03. The molecule has 0 radical (unpaired) electrons. The molecule has 3 amide bonds. The third-order valence-corrected chi connectivity index (χ3v) is 10.7. The Morgan fingerprint density at radius 2 is 1.65 bits per heavy atom. The van der Waals surface area contributed by atoms with Gasteiger partial charge in [0, 0.05) is 31.1 Å². The van der Waals surface area contributed by atoms with Gasteiger partial charge in [0.25, 0.3) is 11.8 Å². The standard InChI is InChI=1S/C37H35Cl2N3O5S2/c1-22(33(43)42-36-32(37(46)47-2)28-15-8-3-4-9-16-31(28)49-36)48-27-14-10-13-26(21-27)40-35(45)30(19-24-17-18-25(38)20-29(24)39)41-34(44)23-11-6-5-7-12-23/h5-7,10-14,17-22H,3-4,8-9,15-16H2,1-2H3,(H,40,45)(H,41,44)(H,42,43)/b30-19+. The van der Waals surface area contributed by atoms with E-state index in [2.05, 4.69) is 16.0 Å². The van der Waals surface area contributed by atoms with Gasteiger partial charge in [0.1, 0.15) is 10.7 Å². The molecule has 3 N–H and O–H groups in total. The molecule has 0 fully saturated rings. The van der Waals surface area contributed by atoms with Crippen molar-refractivity contribution in [2.75, 3.05) is 17.7 Å². The van der Waals surface area contributed by atoms with Crippen molar-refractivity contribution in [3.63, 3.8) is 0 Å². The first-order chi connectivity index (χ1) is 23.6. The fourth-order valence-corrected chi connectivity index (χ4v) is 8.03. The van der Waals surface area contributed by atoms with Gasteiger partial charge in [0.2, 0.25) is 5.91 Å². The van der Waals surface area contributed by atoms with Crippen LogP contribution in [0.5, 0.6) is 0 Å². The van der Waals surface area contributed by atoms with Crippen molar-refractivity contribution in [3.05, 3.63) is 116 Å². The minimum Gasteiger partial charge on any atom is -0.465 e. The van der Waals surface area contributed by atoms with Gasteiger partial charge in [0.15, 0.2) is 0 Å². The summed E-state index contributed by atoms with van der Waals surface area (Å²) in [7, 11) is 1.36. The lowest BCUT2D eigenvalue weighted by Gasteiger charge is -2.14. The number of rotatable bonds is 10. The molecule has 3 aromatic carbocycles. The summed E-state index contributed by atoms with van der Waals surface area (Å²) in [6, 6.07) is 20.4. The van der Waals surface area contributed by atoms with Gasteiger partial charge in [0.05, 0.1) is 17.9 Å². The summed E-state index contributed by atoms with van der Waals surface area (Å²) in [6.45, 7) is 1.78. The van der Waals surface area contributed by atoms with Gasteiger partial charge in [-0.05, 0) is 92.3 Å². The van der Waals surface area contributed by atoms with Crippen molar-refractivity contribution >= 4 is 86.8 Å². The molecule has 4 aromatic rings. The molecule has 1 aliphatic carbocycles. The van der Waals surface area contributed by atoms with Crippen LogP contribution in [0.25, 0.3) is 6.08 Å². The highest BCUT2D eigenvalue weighted by Crippen LogP contribution is 2.38. The van der Waals surface area contributed by atoms with Crippen molar-refractivity contribution in [1.29, 1.82) is 0 Å². The Balaban J connectivity index is 1.31. The number of methoxy groups -OCH3 is 1. The van der Waals surface area contributed by atoms with E-state index in [1.54, 1.807) is 73.7 Å². The Labute approximate surface area is 303 Å². The van der Waals surface area contributed by atoms with Crippen LogP contribution in [0.15, 0.2) is 83.4 Å². The number of carbonyl (C=O) groups is 4. The maximum absolute atomic E-state index is 13.6. The third-order valence-electron chi connectivity index (χ3n) is 7.86. The molecule has 49 heavy (non-hydrogen) atoms. The zero-order chi connectivity index (χ0) is 34.9. The third kappa shape index (κ3) is 9.54. The van der Waals surface area contributed by atoms with Crippen LogP contribution in [0.3, 0.4) is 0 Å². The number of carbonyl (C=O) groups excluding carboxylic acids is 4. The summed E-state index contributed by atoms with van der Waals surface area (Å²) >= 11 is 15.2. The number of halogens is 2. The van der Waals surface area contributed by atoms with Crippen molar-refractivity contribution in [2.45, 2.75) is 55.6 Å². The van der Waals surface area contributed by atoms with E-state index in [1.165, 1.54) is 36.3 Å². The number of anilines is 2. The Bertz CT molecular complexity index is 1890. The van der Waals surface area contributed by atoms with Gasteiger partial charge >= 0.3 is 5.97 Å². The van der Waals surface area contributed by atoms with Crippen LogP contribution in [0, 0.1) is 0 Å². The largest absolute Gasteiger partial charge is 0.465 e. The number of esters is 1. The summed E-state index contributed by atoms with van der Waals surface area (Å²) in [5, 5.41) is 9.26. The van der Waals surface area contributed by atoms with Crippen LogP contribution >= 0.6 is 46.3 Å².